The number of piperazine rings is 1. The van der Waals surface area contributed by atoms with Gasteiger partial charge in [0.2, 0.25) is 0 Å². The van der Waals surface area contributed by atoms with Gasteiger partial charge in [-0.2, -0.15) is 0 Å². The molecule has 102 valence electrons. The van der Waals surface area contributed by atoms with Gasteiger partial charge in [-0.25, -0.2) is 0 Å². The standard InChI is InChI=1S/C14H22N2O.ClH/c1-11-3-4-13(12(2)9-11)14(10-17)16-7-5-15-6-8-16;/h3-4,9,14-15,17H,5-8,10H2,1-2H3;1H/t14-;/m0./s1. The minimum Gasteiger partial charge on any atom is -0.394 e. The molecule has 2 N–H and O–H groups in total. The van der Waals surface area contributed by atoms with Crippen molar-refractivity contribution in [2.24, 2.45) is 0 Å². The first-order valence-electron chi connectivity index (χ1n) is 6.35. The Kier molecular flexibility index (Phi) is 6.09. The van der Waals surface area contributed by atoms with Crippen LogP contribution in [0.15, 0.2) is 18.2 Å². The average Bonchev–Trinajstić information content (AvgIpc) is 2.34. The normalized spacial score (nSPS) is 18.2. The van der Waals surface area contributed by atoms with Gasteiger partial charge in [0.25, 0.3) is 0 Å². The van der Waals surface area contributed by atoms with Crippen molar-refractivity contribution in [2.75, 3.05) is 32.8 Å². The topological polar surface area (TPSA) is 35.5 Å². The average molecular weight is 271 g/mol. The summed E-state index contributed by atoms with van der Waals surface area (Å²) in [6.45, 7) is 8.49. The third-order valence-corrected chi connectivity index (χ3v) is 3.55. The number of hydrogen-bond donors (Lipinski definition) is 2. The summed E-state index contributed by atoms with van der Waals surface area (Å²) in [6.07, 6.45) is 0. The van der Waals surface area contributed by atoms with E-state index < -0.39 is 0 Å². The lowest BCUT2D eigenvalue weighted by atomic mass is 9.98. The molecule has 0 bridgehead atoms. The SMILES string of the molecule is Cc1ccc([C@H](CO)N2CCNCC2)c(C)c1.Cl. The van der Waals surface area contributed by atoms with E-state index >= 15 is 0 Å². The monoisotopic (exact) mass is 270 g/mol. The fraction of sp³-hybridized carbons (Fsp3) is 0.571. The summed E-state index contributed by atoms with van der Waals surface area (Å²) in [7, 11) is 0. The third-order valence-electron chi connectivity index (χ3n) is 3.55. The summed E-state index contributed by atoms with van der Waals surface area (Å²) in [6, 6.07) is 6.64. The van der Waals surface area contributed by atoms with E-state index in [-0.39, 0.29) is 25.1 Å². The van der Waals surface area contributed by atoms with Gasteiger partial charge in [-0.3, -0.25) is 4.90 Å². The number of nitrogens with one attached hydrogen (secondary N) is 1. The molecule has 0 amide bonds. The smallest absolute Gasteiger partial charge is 0.0628 e. The van der Waals surface area contributed by atoms with Crippen LogP contribution < -0.4 is 5.32 Å². The lowest BCUT2D eigenvalue weighted by molar-refractivity contribution is 0.110. The maximum Gasteiger partial charge on any atom is 0.0628 e. The van der Waals surface area contributed by atoms with E-state index in [2.05, 4.69) is 42.3 Å². The minimum atomic E-state index is 0. The zero-order valence-electron chi connectivity index (χ0n) is 11.1. The predicted octanol–water partition coefficient (Wildman–Crippen LogP) is 1.66. The van der Waals surface area contributed by atoms with Crippen molar-refractivity contribution in [3.05, 3.63) is 34.9 Å². The Balaban J connectivity index is 0.00000162. The van der Waals surface area contributed by atoms with Crippen LogP contribution in [0.25, 0.3) is 0 Å². The Morgan fingerprint density at radius 3 is 2.50 bits per heavy atom. The number of nitrogens with zero attached hydrogens (tertiary/aromatic N) is 1. The van der Waals surface area contributed by atoms with Gasteiger partial charge in [0, 0.05) is 26.2 Å². The molecule has 1 aromatic carbocycles. The number of aliphatic hydroxyl groups is 1. The van der Waals surface area contributed by atoms with Crippen LogP contribution in [0.4, 0.5) is 0 Å². The van der Waals surface area contributed by atoms with Crippen LogP contribution in [0.1, 0.15) is 22.7 Å². The highest BCUT2D eigenvalue weighted by Gasteiger charge is 2.22. The molecule has 3 nitrogen and oxygen atoms in total. The first-order chi connectivity index (χ1) is 8.22. The molecule has 1 aliphatic rings. The molecule has 4 heteroatoms. The van der Waals surface area contributed by atoms with E-state index in [9.17, 15) is 5.11 Å². The van der Waals surface area contributed by atoms with Crippen molar-refractivity contribution < 1.29 is 5.11 Å². The van der Waals surface area contributed by atoms with Crippen molar-refractivity contribution in [1.82, 2.24) is 10.2 Å². The van der Waals surface area contributed by atoms with Crippen LogP contribution >= 0.6 is 12.4 Å². The second-order valence-corrected chi connectivity index (χ2v) is 4.84. The molecule has 0 spiro atoms. The molecule has 0 radical (unpaired) electrons. The minimum absolute atomic E-state index is 0. The van der Waals surface area contributed by atoms with Crippen molar-refractivity contribution >= 4 is 12.4 Å². The van der Waals surface area contributed by atoms with E-state index in [4.69, 9.17) is 0 Å². The Morgan fingerprint density at radius 1 is 1.28 bits per heavy atom. The van der Waals surface area contributed by atoms with Crippen LogP contribution in [0.2, 0.25) is 0 Å². The lowest BCUT2D eigenvalue weighted by Crippen LogP contribution is -2.46. The highest BCUT2D eigenvalue weighted by Crippen LogP contribution is 2.24. The van der Waals surface area contributed by atoms with Crippen molar-refractivity contribution in [1.29, 1.82) is 0 Å². The van der Waals surface area contributed by atoms with Gasteiger partial charge < -0.3 is 10.4 Å². The van der Waals surface area contributed by atoms with Crippen molar-refractivity contribution in [3.63, 3.8) is 0 Å². The van der Waals surface area contributed by atoms with E-state index in [0.29, 0.717) is 0 Å². The van der Waals surface area contributed by atoms with Crippen LogP contribution in [-0.2, 0) is 0 Å². The Bertz CT molecular complexity index is 378. The first-order valence-corrected chi connectivity index (χ1v) is 6.35. The molecular weight excluding hydrogens is 248 g/mol. The molecule has 2 rings (SSSR count). The zero-order chi connectivity index (χ0) is 12.3. The van der Waals surface area contributed by atoms with Gasteiger partial charge in [0.15, 0.2) is 0 Å². The molecule has 0 saturated carbocycles. The van der Waals surface area contributed by atoms with E-state index in [1.165, 1.54) is 16.7 Å². The van der Waals surface area contributed by atoms with Gasteiger partial charge in [-0.05, 0) is 25.0 Å². The Morgan fingerprint density at radius 2 is 1.94 bits per heavy atom. The zero-order valence-corrected chi connectivity index (χ0v) is 12.0. The van der Waals surface area contributed by atoms with Crippen LogP contribution in [0.5, 0.6) is 0 Å². The molecule has 1 saturated heterocycles. The van der Waals surface area contributed by atoms with E-state index in [1.807, 2.05) is 0 Å². The number of halogens is 1. The summed E-state index contributed by atoms with van der Waals surface area (Å²) in [5.41, 5.74) is 3.82. The summed E-state index contributed by atoms with van der Waals surface area (Å²) >= 11 is 0. The maximum atomic E-state index is 9.66. The molecular formula is C14H23ClN2O. The van der Waals surface area contributed by atoms with Gasteiger partial charge in [-0.15, -0.1) is 12.4 Å². The van der Waals surface area contributed by atoms with Crippen LogP contribution in [0.3, 0.4) is 0 Å². The largest absolute Gasteiger partial charge is 0.394 e. The van der Waals surface area contributed by atoms with Gasteiger partial charge in [0.1, 0.15) is 0 Å². The molecule has 1 heterocycles. The molecule has 0 unspecified atom stereocenters. The predicted molar refractivity (Wildman–Crippen MR) is 77.4 cm³/mol. The summed E-state index contributed by atoms with van der Waals surface area (Å²) in [4.78, 5) is 2.37. The van der Waals surface area contributed by atoms with Crippen LogP contribution in [0, 0.1) is 13.8 Å². The first kappa shape index (κ1) is 15.4. The third kappa shape index (κ3) is 3.45. The summed E-state index contributed by atoms with van der Waals surface area (Å²) in [5.74, 6) is 0. The fourth-order valence-electron chi connectivity index (χ4n) is 2.60. The van der Waals surface area contributed by atoms with E-state index in [1.54, 1.807) is 0 Å². The quantitative estimate of drug-likeness (QED) is 0.877. The summed E-state index contributed by atoms with van der Waals surface area (Å²) < 4.78 is 0. The Hall–Kier alpha value is -0.610. The van der Waals surface area contributed by atoms with Crippen LogP contribution in [-0.4, -0.2) is 42.8 Å². The van der Waals surface area contributed by atoms with Gasteiger partial charge >= 0.3 is 0 Å². The Labute approximate surface area is 116 Å². The van der Waals surface area contributed by atoms with Crippen molar-refractivity contribution in [2.45, 2.75) is 19.9 Å². The second-order valence-electron chi connectivity index (χ2n) is 4.84. The molecule has 1 aliphatic heterocycles. The van der Waals surface area contributed by atoms with Crippen molar-refractivity contribution in [3.8, 4) is 0 Å². The molecule has 1 atom stereocenters. The van der Waals surface area contributed by atoms with Gasteiger partial charge in [0.05, 0.1) is 12.6 Å². The number of rotatable bonds is 3. The molecule has 0 aromatic heterocycles. The van der Waals surface area contributed by atoms with Gasteiger partial charge in [-0.1, -0.05) is 23.8 Å². The highest BCUT2D eigenvalue weighted by molar-refractivity contribution is 5.85. The maximum absolute atomic E-state index is 9.66. The number of hydrogen-bond acceptors (Lipinski definition) is 3. The second kappa shape index (κ2) is 7.10. The number of benzene rings is 1. The fourth-order valence-corrected chi connectivity index (χ4v) is 2.60. The number of aliphatic hydroxyl groups excluding tert-OH is 1. The number of aryl methyl sites for hydroxylation is 2. The molecule has 1 fully saturated rings. The van der Waals surface area contributed by atoms with E-state index in [0.717, 1.165) is 26.2 Å². The summed E-state index contributed by atoms with van der Waals surface area (Å²) in [5, 5.41) is 13.0. The highest BCUT2D eigenvalue weighted by atomic mass is 35.5. The lowest BCUT2D eigenvalue weighted by Gasteiger charge is -2.34. The molecule has 18 heavy (non-hydrogen) atoms. The molecule has 1 aromatic rings. The molecule has 0 aliphatic carbocycles.